The quantitative estimate of drug-likeness (QED) is 0.878. The first kappa shape index (κ1) is 18.1. The van der Waals surface area contributed by atoms with Crippen LogP contribution in [0.25, 0.3) is 0 Å². The van der Waals surface area contributed by atoms with E-state index in [2.05, 4.69) is 15.5 Å². The van der Waals surface area contributed by atoms with Gasteiger partial charge in [0.1, 0.15) is 5.01 Å². The first-order chi connectivity index (χ1) is 9.39. The third-order valence-corrected chi connectivity index (χ3v) is 4.19. The summed E-state index contributed by atoms with van der Waals surface area (Å²) in [4.78, 5) is 12.0. The van der Waals surface area contributed by atoms with Crippen molar-refractivity contribution in [3.63, 3.8) is 0 Å². The van der Waals surface area contributed by atoms with Crippen LogP contribution >= 0.6 is 23.7 Å². The molecule has 1 heterocycles. The van der Waals surface area contributed by atoms with Gasteiger partial charge >= 0.3 is 6.18 Å². The van der Waals surface area contributed by atoms with Gasteiger partial charge in [0.2, 0.25) is 11.0 Å². The third-order valence-electron chi connectivity index (χ3n) is 3.35. The minimum absolute atomic E-state index is 0. The molecular weight excluding hydrogens is 329 g/mol. The summed E-state index contributed by atoms with van der Waals surface area (Å²) >= 11 is 0.750. The van der Waals surface area contributed by atoms with Gasteiger partial charge in [-0.05, 0) is 25.3 Å². The summed E-state index contributed by atoms with van der Waals surface area (Å²) in [5, 5.41) is 9.49. The second-order valence-corrected chi connectivity index (χ2v) is 5.88. The number of nitrogens with one attached hydrogen (secondary N) is 1. The Bertz CT molecular complexity index is 482. The van der Waals surface area contributed by atoms with Gasteiger partial charge in [0.15, 0.2) is 0 Å². The Hall–Kier alpha value is -0.930. The standard InChI is InChI=1S/C11H15F3N4OS.ClH/c12-11(13,14)4-8-17-18-10(20-8)16-9(19)7-3-1-2-6(7)5-15;/h6-7H,1-5,15H2,(H,16,18,19);1H/t6-,7-;/m1./s1. The Morgan fingerprint density at radius 1 is 1.38 bits per heavy atom. The molecule has 2 rings (SSSR count). The average molecular weight is 345 g/mol. The van der Waals surface area contributed by atoms with Crippen LogP contribution in [0, 0.1) is 11.8 Å². The number of carbonyl (C=O) groups excluding carboxylic acids is 1. The van der Waals surface area contributed by atoms with E-state index >= 15 is 0 Å². The molecule has 1 aromatic heterocycles. The van der Waals surface area contributed by atoms with Crippen LogP contribution in [-0.4, -0.2) is 28.8 Å². The maximum absolute atomic E-state index is 12.2. The fourth-order valence-electron chi connectivity index (χ4n) is 2.41. The van der Waals surface area contributed by atoms with Crippen molar-refractivity contribution in [2.45, 2.75) is 31.9 Å². The normalized spacial score (nSPS) is 21.9. The smallest absolute Gasteiger partial charge is 0.330 e. The molecule has 1 amide bonds. The first-order valence-electron chi connectivity index (χ1n) is 6.29. The van der Waals surface area contributed by atoms with Crippen molar-refractivity contribution in [3.8, 4) is 0 Å². The van der Waals surface area contributed by atoms with E-state index in [1.54, 1.807) is 0 Å². The Balaban J connectivity index is 0.00000220. The first-order valence-corrected chi connectivity index (χ1v) is 7.11. The molecule has 1 aliphatic rings. The van der Waals surface area contributed by atoms with Gasteiger partial charge in [0, 0.05) is 5.92 Å². The molecule has 0 radical (unpaired) electrons. The van der Waals surface area contributed by atoms with Gasteiger partial charge in [-0.2, -0.15) is 13.2 Å². The number of alkyl halides is 3. The molecule has 5 nitrogen and oxygen atoms in total. The largest absolute Gasteiger partial charge is 0.395 e. The molecule has 2 atom stereocenters. The average Bonchev–Trinajstić information content (AvgIpc) is 2.95. The molecule has 3 N–H and O–H groups in total. The SMILES string of the molecule is Cl.NC[C@H]1CCC[C@H]1C(=O)Nc1nnc(CC(F)(F)F)s1. The molecule has 0 spiro atoms. The fraction of sp³-hybridized carbons (Fsp3) is 0.727. The summed E-state index contributed by atoms with van der Waals surface area (Å²) < 4.78 is 36.6. The number of amides is 1. The van der Waals surface area contributed by atoms with E-state index in [4.69, 9.17) is 5.73 Å². The highest BCUT2D eigenvalue weighted by Crippen LogP contribution is 2.32. The predicted molar refractivity (Wildman–Crippen MR) is 75.4 cm³/mol. The number of nitrogens with zero attached hydrogens (tertiary/aromatic N) is 2. The molecule has 0 bridgehead atoms. The molecule has 0 saturated heterocycles. The number of hydrogen-bond acceptors (Lipinski definition) is 5. The summed E-state index contributed by atoms with van der Waals surface area (Å²) in [5.74, 6) is -0.278. The van der Waals surface area contributed by atoms with E-state index < -0.39 is 12.6 Å². The highest BCUT2D eigenvalue weighted by molar-refractivity contribution is 7.15. The number of carbonyl (C=O) groups is 1. The number of nitrogens with two attached hydrogens (primary N) is 1. The molecule has 1 saturated carbocycles. The van der Waals surface area contributed by atoms with Gasteiger partial charge < -0.3 is 11.1 Å². The van der Waals surface area contributed by atoms with E-state index in [1.807, 2.05) is 0 Å². The highest BCUT2D eigenvalue weighted by atomic mass is 35.5. The van der Waals surface area contributed by atoms with Gasteiger partial charge in [-0.1, -0.05) is 17.8 Å². The summed E-state index contributed by atoms with van der Waals surface area (Å²) in [7, 11) is 0. The van der Waals surface area contributed by atoms with E-state index in [-0.39, 0.29) is 40.3 Å². The Kier molecular flexibility index (Phi) is 6.36. The second kappa shape index (κ2) is 7.37. The molecule has 0 unspecified atom stereocenters. The molecule has 10 heteroatoms. The van der Waals surface area contributed by atoms with E-state index in [1.165, 1.54) is 0 Å². The summed E-state index contributed by atoms with van der Waals surface area (Å²) in [6.07, 6.45) is -2.85. The number of hydrogen-bond donors (Lipinski definition) is 2. The van der Waals surface area contributed by atoms with Gasteiger partial charge in [-0.3, -0.25) is 4.79 Å². The van der Waals surface area contributed by atoms with Crippen molar-refractivity contribution in [3.05, 3.63) is 5.01 Å². The van der Waals surface area contributed by atoms with Crippen molar-refractivity contribution in [1.82, 2.24) is 10.2 Å². The lowest BCUT2D eigenvalue weighted by Gasteiger charge is -2.15. The molecular formula is C11H16ClF3N4OS. The molecule has 1 aromatic rings. The molecule has 0 aliphatic heterocycles. The van der Waals surface area contributed by atoms with E-state index in [0.29, 0.717) is 6.54 Å². The lowest BCUT2D eigenvalue weighted by molar-refractivity contribution is -0.127. The van der Waals surface area contributed by atoms with Gasteiger partial charge in [0.25, 0.3) is 0 Å². The lowest BCUT2D eigenvalue weighted by atomic mass is 9.95. The number of aromatic nitrogens is 2. The summed E-state index contributed by atoms with van der Waals surface area (Å²) in [6.45, 7) is 0.438. The number of halogens is 4. The van der Waals surface area contributed by atoms with Crippen LogP contribution in [0.4, 0.5) is 18.3 Å². The van der Waals surface area contributed by atoms with Crippen LogP contribution in [-0.2, 0) is 11.2 Å². The van der Waals surface area contributed by atoms with Crippen LogP contribution in [0.3, 0.4) is 0 Å². The zero-order valence-corrected chi connectivity index (χ0v) is 12.7. The predicted octanol–water partition coefficient (Wildman–Crippen LogP) is 2.38. The number of anilines is 1. The maximum atomic E-state index is 12.2. The Morgan fingerprint density at radius 2 is 2.10 bits per heavy atom. The molecule has 21 heavy (non-hydrogen) atoms. The zero-order valence-electron chi connectivity index (χ0n) is 11.0. The van der Waals surface area contributed by atoms with Gasteiger partial charge in [0.05, 0.1) is 6.42 Å². The Labute approximate surface area is 129 Å². The summed E-state index contributed by atoms with van der Waals surface area (Å²) in [6, 6.07) is 0. The highest BCUT2D eigenvalue weighted by Gasteiger charge is 2.33. The van der Waals surface area contributed by atoms with Crippen molar-refractivity contribution in [2.75, 3.05) is 11.9 Å². The van der Waals surface area contributed by atoms with Crippen molar-refractivity contribution in [2.24, 2.45) is 17.6 Å². The molecule has 120 valence electrons. The lowest BCUT2D eigenvalue weighted by Crippen LogP contribution is -2.29. The van der Waals surface area contributed by atoms with Crippen LogP contribution in [0.1, 0.15) is 24.3 Å². The topological polar surface area (TPSA) is 80.9 Å². The molecule has 0 aromatic carbocycles. The minimum atomic E-state index is -4.32. The van der Waals surface area contributed by atoms with Crippen LogP contribution < -0.4 is 11.1 Å². The monoisotopic (exact) mass is 344 g/mol. The zero-order chi connectivity index (χ0) is 14.8. The Morgan fingerprint density at radius 3 is 2.71 bits per heavy atom. The minimum Gasteiger partial charge on any atom is -0.330 e. The van der Waals surface area contributed by atoms with Crippen LogP contribution in [0.2, 0.25) is 0 Å². The van der Waals surface area contributed by atoms with Crippen LogP contribution in [0.15, 0.2) is 0 Å². The molecule has 1 aliphatic carbocycles. The van der Waals surface area contributed by atoms with E-state index in [0.717, 1.165) is 30.6 Å². The second-order valence-electron chi connectivity index (χ2n) is 4.82. The van der Waals surface area contributed by atoms with Gasteiger partial charge in [-0.15, -0.1) is 22.6 Å². The van der Waals surface area contributed by atoms with Crippen molar-refractivity contribution in [1.29, 1.82) is 0 Å². The van der Waals surface area contributed by atoms with Crippen LogP contribution in [0.5, 0.6) is 0 Å². The fourth-order valence-corrected chi connectivity index (χ4v) is 3.18. The third kappa shape index (κ3) is 5.08. The van der Waals surface area contributed by atoms with Crippen molar-refractivity contribution >= 4 is 34.8 Å². The summed E-state index contributed by atoms with van der Waals surface area (Å²) in [5.41, 5.74) is 5.60. The van der Waals surface area contributed by atoms with Crippen molar-refractivity contribution < 1.29 is 18.0 Å². The van der Waals surface area contributed by atoms with E-state index in [9.17, 15) is 18.0 Å². The number of rotatable bonds is 4. The van der Waals surface area contributed by atoms with Gasteiger partial charge in [-0.25, -0.2) is 0 Å². The molecule has 1 fully saturated rings. The maximum Gasteiger partial charge on any atom is 0.395 e.